The Balaban J connectivity index is 1.41. The van der Waals surface area contributed by atoms with E-state index in [2.05, 4.69) is 9.80 Å². The molecule has 0 aromatic rings. The smallest absolute Gasteiger partial charge is 0.0721 e. The van der Waals surface area contributed by atoms with Crippen molar-refractivity contribution in [1.29, 1.82) is 0 Å². The van der Waals surface area contributed by atoms with Crippen molar-refractivity contribution in [3.63, 3.8) is 0 Å². The molecule has 3 fully saturated rings. The highest BCUT2D eigenvalue weighted by Crippen LogP contribution is 2.39. The second-order valence-electron chi connectivity index (χ2n) is 6.36. The molecule has 0 saturated carbocycles. The van der Waals surface area contributed by atoms with Crippen LogP contribution in [0.1, 0.15) is 19.3 Å². The lowest BCUT2D eigenvalue weighted by Gasteiger charge is -2.30. The van der Waals surface area contributed by atoms with Gasteiger partial charge in [-0.05, 0) is 25.8 Å². The van der Waals surface area contributed by atoms with E-state index in [4.69, 9.17) is 14.2 Å². The predicted octanol–water partition coefficient (Wildman–Crippen LogP) is 0.589. The molecule has 3 aliphatic rings. The van der Waals surface area contributed by atoms with Crippen LogP contribution >= 0.6 is 0 Å². The molecule has 3 rings (SSSR count). The van der Waals surface area contributed by atoms with Gasteiger partial charge in [-0.25, -0.2) is 0 Å². The van der Waals surface area contributed by atoms with E-state index < -0.39 is 0 Å². The molecule has 0 spiro atoms. The summed E-state index contributed by atoms with van der Waals surface area (Å²) < 4.78 is 17.0. The SMILES string of the molecule is COCC12CCCN1C[C@H](OCCN1CCOCC1)C2. The van der Waals surface area contributed by atoms with Gasteiger partial charge >= 0.3 is 0 Å². The van der Waals surface area contributed by atoms with Gasteiger partial charge in [-0.15, -0.1) is 0 Å². The number of morpholine rings is 1. The number of hydrogen-bond acceptors (Lipinski definition) is 5. The Labute approximate surface area is 122 Å². The molecule has 3 aliphatic heterocycles. The Morgan fingerprint density at radius 3 is 2.90 bits per heavy atom. The van der Waals surface area contributed by atoms with E-state index in [9.17, 15) is 0 Å². The summed E-state index contributed by atoms with van der Waals surface area (Å²) in [6, 6.07) is 0. The van der Waals surface area contributed by atoms with Crippen molar-refractivity contribution in [2.45, 2.75) is 30.9 Å². The van der Waals surface area contributed by atoms with Crippen LogP contribution < -0.4 is 0 Å². The molecule has 0 bridgehead atoms. The van der Waals surface area contributed by atoms with E-state index in [1.807, 2.05) is 7.11 Å². The lowest BCUT2D eigenvalue weighted by atomic mass is 9.94. The van der Waals surface area contributed by atoms with Crippen LogP contribution in [-0.4, -0.2) is 87.7 Å². The standard InChI is InChI=1S/C15H28N2O3/c1-18-13-15-3-2-4-17(15)12-14(11-15)20-10-7-16-5-8-19-9-6-16/h14H,2-13H2,1H3/t14-,15?/m1/s1. The number of methoxy groups -OCH3 is 1. The van der Waals surface area contributed by atoms with E-state index in [1.165, 1.54) is 19.4 Å². The quantitative estimate of drug-likeness (QED) is 0.713. The first-order valence-corrected chi connectivity index (χ1v) is 7.98. The Bertz CT molecular complexity index is 309. The molecule has 0 N–H and O–H groups in total. The van der Waals surface area contributed by atoms with E-state index in [0.29, 0.717) is 6.10 Å². The van der Waals surface area contributed by atoms with Crippen molar-refractivity contribution in [3.05, 3.63) is 0 Å². The fourth-order valence-corrected chi connectivity index (χ4v) is 4.02. The van der Waals surface area contributed by atoms with Gasteiger partial charge in [0.2, 0.25) is 0 Å². The molecule has 0 aromatic carbocycles. The molecular formula is C15H28N2O3. The maximum atomic E-state index is 6.13. The molecule has 0 amide bonds. The molecule has 0 aromatic heterocycles. The topological polar surface area (TPSA) is 34.2 Å². The first-order chi connectivity index (χ1) is 9.82. The summed E-state index contributed by atoms with van der Waals surface area (Å²) in [7, 11) is 1.82. The number of nitrogens with zero attached hydrogens (tertiary/aromatic N) is 2. The third-order valence-electron chi connectivity index (χ3n) is 5.05. The van der Waals surface area contributed by atoms with Crippen LogP contribution in [0.4, 0.5) is 0 Å². The monoisotopic (exact) mass is 284 g/mol. The van der Waals surface area contributed by atoms with Gasteiger partial charge in [-0.1, -0.05) is 0 Å². The lowest BCUT2D eigenvalue weighted by molar-refractivity contribution is 0.00291. The highest BCUT2D eigenvalue weighted by atomic mass is 16.5. The van der Waals surface area contributed by atoms with Crippen molar-refractivity contribution in [3.8, 4) is 0 Å². The van der Waals surface area contributed by atoms with Crippen LogP contribution in [0.3, 0.4) is 0 Å². The first kappa shape index (κ1) is 14.7. The van der Waals surface area contributed by atoms with Gasteiger partial charge in [0.05, 0.1) is 32.5 Å². The fourth-order valence-electron chi connectivity index (χ4n) is 4.02. The average molecular weight is 284 g/mol. The zero-order chi connectivity index (χ0) is 13.8. The minimum Gasteiger partial charge on any atom is -0.383 e. The molecule has 0 radical (unpaired) electrons. The third-order valence-corrected chi connectivity index (χ3v) is 5.05. The van der Waals surface area contributed by atoms with Crippen molar-refractivity contribution in [2.75, 3.05) is 66.3 Å². The van der Waals surface area contributed by atoms with Crippen LogP contribution in [0.5, 0.6) is 0 Å². The van der Waals surface area contributed by atoms with Crippen LogP contribution in [0, 0.1) is 0 Å². The van der Waals surface area contributed by atoms with Crippen molar-refractivity contribution in [1.82, 2.24) is 9.80 Å². The normalized spacial score (nSPS) is 35.5. The molecule has 2 atom stereocenters. The summed E-state index contributed by atoms with van der Waals surface area (Å²) >= 11 is 0. The van der Waals surface area contributed by atoms with Gasteiger partial charge in [0.1, 0.15) is 0 Å². The molecule has 5 heteroatoms. The Morgan fingerprint density at radius 2 is 2.10 bits per heavy atom. The van der Waals surface area contributed by atoms with Crippen LogP contribution in [0.25, 0.3) is 0 Å². The van der Waals surface area contributed by atoms with Gasteiger partial charge in [0.15, 0.2) is 0 Å². The molecule has 20 heavy (non-hydrogen) atoms. The maximum absolute atomic E-state index is 6.13. The molecule has 3 saturated heterocycles. The van der Waals surface area contributed by atoms with Gasteiger partial charge in [-0.3, -0.25) is 9.80 Å². The van der Waals surface area contributed by atoms with Crippen molar-refractivity contribution in [2.24, 2.45) is 0 Å². The summed E-state index contributed by atoms with van der Waals surface area (Å²) in [5.41, 5.74) is 0.276. The van der Waals surface area contributed by atoms with Crippen LogP contribution in [-0.2, 0) is 14.2 Å². The highest BCUT2D eigenvalue weighted by molar-refractivity contribution is 5.03. The fraction of sp³-hybridized carbons (Fsp3) is 1.00. The summed E-state index contributed by atoms with van der Waals surface area (Å²) in [6.45, 7) is 8.89. The molecule has 3 heterocycles. The molecule has 116 valence electrons. The number of fused-ring (bicyclic) bond motifs is 1. The molecule has 1 unspecified atom stereocenters. The largest absolute Gasteiger partial charge is 0.383 e. The van der Waals surface area contributed by atoms with E-state index >= 15 is 0 Å². The summed E-state index contributed by atoms with van der Waals surface area (Å²) in [4.78, 5) is 5.03. The maximum Gasteiger partial charge on any atom is 0.0721 e. The van der Waals surface area contributed by atoms with E-state index in [0.717, 1.165) is 59.0 Å². The minimum atomic E-state index is 0.276. The summed E-state index contributed by atoms with van der Waals surface area (Å²) in [5.74, 6) is 0. The van der Waals surface area contributed by atoms with E-state index in [1.54, 1.807) is 0 Å². The van der Waals surface area contributed by atoms with Gasteiger partial charge in [-0.2, -0.15) is 0 Å². The second-order valence-corrected chi connectivity index (χ2v) is 6.36. The predicted molar refractivity (Wildman–Crippen MR) is 77.0 cm³/mol. The van der Waals surface area contributed by atoms with Gasteiger partial charge in [0, 0.05) is 38.8 Å². The lowest BCUT2D eigenvalue weighted by Crippen LogP contribution is -2.42. The molecule has 0 aliphatic carbocycles. The highest BCUT2D eigenvalue weighted by Gasteiger charge is 2.48. The first-order valence-electron chi connectivity index (χ1n) is 7.98. The van der Waals surface area contributed by atoms with Crippen LogP contribution in [0.2, 0.25) is 0 Å². The molecule has 5 nitrogen and oxygen atoms in total. The van der Waals surface area contributed by atoms with Crippen molar-refractivity contribution < 1.29 is 14.2 Å². The zero-order valence-electron chi connectivity index (χ0n) is 12.7. The minimum absolute atomic E-state index is 0.276. The number of hydrogen-bond donors (Lipinski definition) is 0. The summed E-state index contributed by atoms with van der Waals surface area (Å²) in [6.07, 6.45) is 4.12. The number of rotatable bonds is 6. The van der Waals surface area contributed by atoms with Crippen molar-refractivity contribution >= 4 is 0 Å². The summed E-state index contributed by atoms with van der Waals surface area (Å²) in [5, 5.41) is 0. The van der Waals surface area contributed by atoms with E-state index in [-0.39, 0.29) is 5.54 Å². The Kier molecular flexibility index (Phi) is 4.94. The third kappa shape index (κ3) is 3.17. The Morgan fingerprint density at radius 1 is 1.25 bits per heavy atom. The Hall–Kier alpha value is -0.200. The zero-order valence-corrected chi connectivity index (χ0v) is 12.7. The van der Waals surface area contributed by atoms with Crippen LogP contribution in [0.15, 0.2) is 0 Å². The van der Waals surface area contributed by atoms with Gasteiger partial charge in [0.25, 0.3) is 0 Å². The second kappa shape index (κ2) is 6.71. The average Bonchev–Trinajstić information content (AvgIpc) is 2.97. The number of ether oxygens (including phenoxy) is 3. The van der Waals surface area contributed by atoms with Gasteiger partial charge < -0.3 is 14.2 Å². The molecular weight excluding hydrogens is 256 g/mol.